The zero-order chi connectivity index (χ0) is 24.5. The van der Waals surface area contributed by atoms with E-state index in [0.29, 0.717) is 19.6 Å². The van der Waals surface area contributed by atoms with Crippen molar-refractivity contribution >= 4 is 22.6 Å². The maximum absolute atomic E-state index is 15.5. The number of aryl methyl sites for hydroxylation is 1. The monoisotopic (exact) mass is 475 g/mol. The van der Waals surface area contributed by atoms with Gasteiger partial charge in [-0.3, -0.25) is 9.48 Å². The van der Waals surface area contributed by atoms with E-state index >= 15 is 4.39 Å². The van der Waals surface area contributed by atoms with Crippen molar-refractivity contribution in [3.8, 4) is 11.1 Å². The lowest BCUT2D eigenvalue weighted by atomic mass is 9.97. The summed E-state index contributed by atoms with van der Waals surface area (Å²) >= 11 is 0. The Hall–Kier alpha value is -3.10. The van der Waals surface area contributed by atoms with Gasteiger partial charge >= 0.3 is 0 Å². The molecular weight excluding hydrogens is 445 g/mol. The Morgan fingerprint density at radius 3 is 2.60 bits per heavy atom. The molecule has 2 fully saturated rings. The second-order valence-corrected chi connectivity index (χ2v) is 11.1. The number of carbonyl (C=O) groups is 1. The van der Waals surface area contributed by atoms with Crippen LogP contribution in [-0.4, -0.2) is 62.8 Å². The summed E-state index contributed by atoms with van der Waals surface area (Å²) in [5, 5.41) is 19.3. The predicted octanol–water partition coefficient (Wildman–Crippen LogP) is 4.10. The number of amidine groups is 1. The molecule has 2 aromatic carbocycles. The summed E-state index contributed by atoms with van der Waals surface area (Å²) in [6, 6.07) is 11.0. The fourth-order valence-electron chi connectivity index (χ4n) is 5.63. The van der Waals surface area contributed by atoms with Crippen molar-refractivity contribution in [2.24, 2.45) is 23.9 Å². The van der Waals surface area contributed by atoms with Gasteiger partial charge in [-0.1, -0.05) is 12.1 Å². The molecule has 6 rings (SSSR count). The number of likely N-dealkylation sites (tertiary alicyclic amines) is 1. The van der Waals surface area contributed by atoms with Crippen LogP contribution in [0.1, 0.15) is 32.3 Å². The molecular formula is C27H30FN5O2. The molecule has 3 heterocycles. The summed E-state index contributed by atoms with van der Waals surface area (Å²) in [5.74, 6) is 0.348. The SMILES string of the molecule is Cn1ncc2cc(-c3ccc(C4=NC(C)(C)C[N+]4([O-])CC4CN(C(=O)C5CC5)C4)c(F)c3)ccc21. The van der Waals surface area contributed by atoms with Crippen molar-refractivity contribution in [1.29, 1.82) is 0 Å². The average molecular weight is 476 g/mol. The van der Waals surface area contributed by atoms with E-state index in [1.807, 2.05) is 50.1 Å². The number of amides is 1. The lowest BCUT2D eigenvalue weighted by molar-refractivity contribution is -0.790. The van der Waals surface area contributed by atoms with Crippen molar-refractivity contribution in [1.82, 2.24) is 14.7 Å². The third-order valence-corrected chi connectivity index (χ3v) is 7.47. The van der Waals surface area contributed by atoms with Gasteiger partial charge in [-0.2, -0.15) is 5.10 Å². The number of hydroxylamine groups is 3. The number of rotatable bonds is 5. The second kappa shape index (κ2) is 7.70. The van der Waals surface area contributed by atoms with Crippen molar-refractivity contribution in [2.75, 3.05) is 26.2 Å². The third-order valence-electron chi connectivity index (χ3n) is 7.47. The first-order valence-corrected chi connectivity index (χ1v) is 12.3. The van der Waals surface area contributed by atoms with Crippen LogP contribution in [0.4, 0.5) is 4.39 Å². The molecule has 1 saturated carbocycles. The number of hydrogen-bond donors (Lipinski definition) is 0. The van der Waals surface area contributed by atoms with Gasteiger partial charge in [0.25, 0.3) is 0 Å². The van der Waals surface area contributed by atoms with Gasteiger partial charge in [0, 0.05) is 37.4 Å². The largest absolute Gasteiger partial charge is 0.626 e. The molecule has 1 aliphatic carbocycles. The van der Waals surface area contributed by atoms with Crippen molar-refractivity contribution < 1.29 is 13.8 Å². The summed E-state index contributed by atoms with van der Waals surface area (Å²) in [6.45, 7) is 5.66. The summed E-state index contributed by atoms with van der Waals surface area (Å²) in [6.07, 6.45) is 3.76. The molecule has 0 N–H and O–H groups in total. The van der Waals surface area contributed by atoms with Gasteiger partial charge in [0.15, 0.2) is 0 Å². The fraction of sp³-hybridized carbons (Fsp3) is 0.444. The Balaban J connectivity index is 1.25. The zero-order valence-corrected chi connectivity index (χ0v) is 20.4. The van der Waals surface area contributed by atoms with E-state index in [9.17, 15) is 10.0 Å². The minimum Gasteiger partial charge on any atom is -0.626 e. The lowest BCUT2D eigenvalue weighted by Gasteiger charge is -2.47. The topological polar surface area (TPSA) is 73.5 Å². The number of aliphatic imine (C=N–C) groups is 1. The number of benzene rings is 2. The summed E-state index contributed by atoms with van der Waals surface area (Å²) in [7, 11) is 1.89. The maximum atomic E-state index is 15.5. The highest BCUT2D eigenvalue weighted by Crippen LogP contribution is 2.37. The van der Waals surface area contributed by atoms with Crippen LogP contribution in [-0.2, 0) is 11.8 Å². The van der Waals surface area contributed by atoms with E-state index in [1.54, 1.807) is 16.9 Å². The van der Waals surface area contributed by atoms with Gasteiger partial charge in [0.05, 0.1) is 23.8 Å². The molecule has 8 heteroatoms. The van der Waals surface area contributed by atoms with E-state index in [2.05, 4.69) is 5.10 Å². The van der Waals surface area contributed by atoms with Crippen LogP contribution >= 0.6 is 0 Å². The molecule has 1 atom stereocenters. The van der Waals surface area contributed by atoms with E-state index < -0.39 is 16.0 Å². The predicted molar refractivity (Wildman–Crippen MR) is 133 cm³/mol. The number of nitrogens with zero attached hydrogens (tertiary/aromatic N) is 5. The molecule has 182 valence electrons. The molecule has 1 amide bonds. The maximum Gasteiger partial charge on any atom is 0.234 e. The first-order valence-electron chi connectivity index (χ1n) is 12.3. The summed E-state index contributed by atoms with van der Waals surface area (Å²) in [5.41, 5.74) is 2.34. The molecule has 35 heavy (non-hydrogen) atoms. The molecule has 0 spiro atoms. The average Bonchev–Trinajstić information content (AvgIpc) is 3.52. The number of fused-ring (bicyclic) bond motifs is 1. The Bertz CT molecular complexity index is 1370. The normalized spacial score (nSPS) is 24.0. The Labute approximate surface area is 204 Å². The highest BCUT2D eigenvalue weighted by molar-refractivity contribution is 5.96. The Morgan fingerprint density at radius 1 is 1.17 bits per heavy atom. The van der Waals surface area contributed by atoms with Crippen molar-refractivity contribution in [3.63, 3.8) is 0 Å². The lowest BCUT2D eigenvalue weighted by Crippen LogP contribution is -2.59. The fourth-order valence-corrected chi connectivity index (χ4v) is 5.63. The summed E-state index contributed by atoms with van der Waals surface area (Å²) < 4.78 is 16.7. The molecule has 3 aromatic rings. The standard InChI is InChI=1S/C27H30FN5O2/c1-27(2)16-33(35,15-17-13-32(14-17)26(34)18-4-5-18)25(30-27)22-8-6-20(11-23(22)28)19-7-9-24-21(10-19)12-29-31(24)3/h6-12,17-18H,4-5,13-16H2,1-3H3. The van der Waals surface area contributed by atoms with Crippen LogP contribution < -0.4 is 0 Å². The molecule has 7 nitrogen and oxygen atoms in total. The smallest absolute Gasteiger partial charge is 0.234 e. The first kappa shape index (κ1) is 22.4. The molecule has 3 aliphatic rings. The van der Waals surface area contributed by atoms with E-state index in [1.165, 1.54) is 6.07 Å². The quantitative estimate of drug-likeness (QED) is 0.412. The highest BCUT2D eigenvalue weighted by atomic mass is 19.1. The number of hydrogen-bond acceptors (Lipinski definition) is 4. The van der Waals surface area contributed by atoms with E-state index in [4.69, 9.17) is 4.99 Å². The van der Waals surface area contributed by atoms with Gasteiger partial charge in [0.1, 0.15) is 17.9 Å². The number of aromatic nitrogens is 2. The molecule has 0 bridgehead atoms. The molecule has 2 aliphatic heterocycles. The number of carbonyl (C=O) groups excluding carboxylic acids is 1. The first-order chi connectivity index (χ1) is 16.6. The van der Waals surface area contributed by atoms with Gasteiger partial charge in [-0.05, 0) is 62.1 Å². The Kier molecular flexibility index (Phi) is 4.92. The molecule has 1 unspecified atom stereocenters. The Morgan fingerprint density at radius 2 is 1.89 bits per heavy atom. The van der Waals surface area contributed by atoms with Crippen molar-refractivity contribution in [2.45, 2.75) is 32.2 Å². The molecule has 0 radical (unpaired) electrons. The minimum absolute atomic E-state index is 0.114. The van der Waals surface area contributed by atoms with E-state index in [-0.39, 0.29) is 35.7 Å². The van der Waals surface area contributed by atoms with Gasteiger partial charge in [0.2, 0.25) is 11.7 Å². The van der Waals surface area contributed by atoms with Crippen LogP contribution in [0.2, 0.25) is 0 Å². The van der Waals surface area contributed by atoms with Crippen molar-refractivity contribution in [3.05, 3.63) is 59.2 Å². The molecule has 1 saturated heterocycles. The number of halogens is 1. The van der Waals surface area contributed by atoms with Gasteiger partial charge in [-0.25, -0.2) is 9.38 Å². The van der Waals surface area contributed by atoms with E-state index in [0.717, 1.165) is 34.9 Å². The summed E-state index contributed by atoms with van der Waals surface area (Å²) in [4.78, 5) is 18.8. The van der Waals surface area contributed by atoms with Gasteiger partial charge in [-0.15, -0.1) is 0 Å². The van der Waals surface area contributed by atoms with Crippen LogP contribution in [0.3, 0.4) is 0 Å². The zero-order valence-electron chi connectivity index (χ0n) is 20.4. The van der Waals surface area contributed by atoms with Crippen LogP contribution in [0.5, 0.6) is 0 Å². The minimum atomic E-state index is -0.652. The number of quaternary nitrogens is 1. The second-order valence-electron chi connectivity index (χ2n) is 11.1. The molecule has 1 aromatic heterocycles. The van der Waals surface area contributed by atoms with Crippen LogP contribution in [0, 0.1) is 22.9 Å². The van der Waals surface area contributed by atoms with Crippen LogP contribution in [0.25, 0.3) is 22.0 Å². The van der Waals surface area contributed by atoms with Gasteiger partial charge < -0.3 is 14.8 Å². The third kappa shape index (κ3) is 3.94. The highest BCUT2D eigenvalue weighted by Gasteiger charge is 2.47. The van der Waals surface area contributed by atoms with Crippen LogP contribution in [0.15, 0.2) is 47.6 Å².